The van der Waals surface area contributed by atoms with E-state index < -0.39 is 12.2 Å². The zero-order valence-electron chi connectivity index (χ0n) is 6.52. The summed E-state index contributed by atoms with van der Waals surface area (Å²) >= 11 is 0. The number of hydrogen-bond donors (Lipinski definition) is 1. The quantitative estimate of drug-likeness (QED) is 0.701. The van der Waals surface area contributed by atoms with E-state index in [0.29, 0.717) is 10.9 Å². The van der Waals surface area contributed by atoms with Crippen molar-refractivity contribution in [2.24, 2.45) is 0 Å². The van der Waals surface area contributed by atoms with Gasteiger partial charge in [0, 0.05) is 22.7 Å². The molecule has 1 N–H and O–H groups in total. The zero-order valence-corrected chi connectivity index (χ0v) is 6.52. The lowest BCUT2D eigenvalue weighted by Crippen LogP contribution is -1.80. The molecule has 0 amide bonds. The van der Waals surface area contributed by atoms with Crippen molar-refractivity contribution in [3.63, 3.8) is 0 Å². The van der Waals surface area contributed by atoms with Crippen molar-refractivity contribution in [1.29, 1.82) is 0 Å². The minimum atomic E-state index is -2.53. The van der Waals surface area contributed by atoms with E-state index in [-0.39, 0.29) is 5.56 Å². The first-order valence-corrected chi connectivity index (χ1v) is 3.73. The molecule has 0 bridgehead atoms. The molecule has 0 aliphatic carbocycles. The van der Waals surface area contributed by atoms with Gasteiger partial charge in [-0.05, 0) is 18.2 Å². The molecule has 0 saturated heterocycles. The standard InChI is InChI=1S/C9H6F3N/c10-5-1-2-6-7(9(11)12)4-13-8(6)3-5/h1-4,9,13H. The molecular formula is C9H6F3N. The van der Waals surface area contributed by atoms with Crippen molar-refractivity contribution in [2.75, 3.05) is 0 Å². The van der Waals surface area contributed by atoms with E-state index in [1.807, 2.05) is 0 Å². The minimum absolute atomic E-state index is 0.0880. The van der Waals surface area contributed by atoms with Gasteiger partial charge in [0.2, 0.25) is 0 Å². The number of halogens is 3. The lowest BCUT2D eigenvalue weighted by atomic mass is 10.2. The second-order valence-electron chi connectivity index (χ2n) is 2.73. The van der Waals surface area contributed by atoms with E-state index in [4.69, 9.17) is 0 Å². The number of rotatable bonds is 1. The van der Waals surface area contributed by atoms with Crippen molar-refractivity contribution in [3.8, 4) is 0 Å². The summed E-state index contributed by atoms with van der Waals surface area (Å²) in [6, 6.07) is 3.71. The van der Waals surface area contributed by atoms with Crippen LogP contribution in [0.2, 0.25) is 0 Å². The van der Waals surface area contributed by atoms with E-state index in [0.717, 1.165) is 0 Å². The highest BCUT2D eigenvalue weighted by atomic mass is 19.3. The fourth-order valence-electron chi connectivity index (χ4n) is 1.30. The first-order chi connectivity index (χ1) is 6.18. The molecule has 2 aromatic rings. The van der Waals surface area contributed by atoms with Crippen molar-refractivity contribution in [1.82, 2.24) is 4.98 Å². The molecule has 68 valence electrons. The molecule has 2 rings (SSSR count). The van der Waals surface area contributed by atoms with Gasteiger partial charge in [0.05, 0.1) is 0 Å². The van der Waals surface area contributed by atoms with E-state index >= 15 is 0 Å². The Morgan fingerprint density at radius 2 is 2.00 bits per heavy atom. The van der Waals surface area contributed by atoms with Gasteiger partial charge in [-0.1, -0.05) is 0 Å². The van der Waals surface area contributed by atoms with E-state index in [1.165, 1.54) is 24.4 Å². The summed E-state index contributed by atoms with van der Waals surface area (Å²) in [6.07, 6.45) is -1.33. The molecule has 0 spiro atoms. The van der Waals surface area contributed by atoms with Crippen LogP contribution in [0.25, 0.3) is 10.9 Å². The zero-order chi connectivity index (χ0) is 9.42. The van der Waals surface area contributed by atoms with Crippen molar-refractivity contribution < 1.29 is 13.2 Å². The molecule has 0 saturated carbocycles. The lowest BCUT2D eigenvalue weighted by molar-refractivity contribution is 0.153. The third kappa shape index (κ3) is 1.28. The van der Waals surface area contributed by atoms with Crippen LogP contribution in [0.3, 0.4) is 0 Å². The van der Waals surface area contributed by atoms with Gasteiger partial charge in [0.1, 0.15) is 5.82 Å². The summed E-state index contributed by atoms with van der Waals surface area (Å²) in [5, 5.41) is 0.372. The number of hydrogen-bond acceptors (Lipinski definition) is 0. The topological polar surface area (TPSA) is 15.8 Å². The van der Waals surface area contributed by atoms with Crippen LogP contribution in [0.1, 0.15) is 12.0 Å². The van der Waals surface area contributed by atoms with Crippen molar-refractivity contribution >= 4 is 10.9 Å². The minimum Gasteiger partial charge on any atom is -0.361 e. The molecule has 0 radical (unpaired) electrons. The Hall–Kier alpha value is -1.45. The van der Waals surface area contributed by atoms with E-state index in [9.17, 15) is 13.2 Å². The summed E-state index contributed by atoms with van der Waals surface area (Å²) < 4.78 is 37.3. The fourth-order valence-corrected chi connectivity index (χ4v) is 1.30. The Labute approximate surface area is 72.2 Å². The highest BCUT2D eigenvalue weighted by molar-refractivity contribution is 5.83. The normalized spacial score (nSPS) is 11.4. The van der Waals surface area contributed by atoms with Crippen LogP contribution < -0.4 is 0 Å². The largest absolute Gasteiger partial charge is 0.361 e. The SMILES string of the molecule is Fc1ccc2c(C(F)F)c[nH]c2c1. The maximum Gasteiger partial charge on any atom is 0.265 e. The average Bonchev–Trinajstić information content (AvgIpc) is 2.46. The van der Waals surface area contributed by atoms with Gasteiger partial charge in [-0.15, -0.1) is 0 Å². The summed E-state index contributed by atoms with van der Waals surface area (Å²) in [5.74, 6) is -0.435. The predicted octanol–water partition coefficient (Wildman–Crippen LogP) is 3.24. The molecule has 13 heavy (non-hydrogen) atoms. The van der Waals surface area contributed by atoms with Crippen LogP contribution in [-0.2, 0) is 0 Å². The molecule has 1 nitrogen and oxygen atoms in total. The number of fused-ring (bicyclic) bond motifs is 1. The Balaban J connectivity index is 2.69. The Bertz CT molecular complexity index is 433. The van der Waals surface area contributed by atoms with Crippen LogP contribution in [-0.4, -0.2) is 4.98 Å². The van der Waals surface area contributed by atoms with Crippen molar-refractivity contribution in [2.45, 2.75) is 6.43 Å². The fraction of sp³-hybridized carbons (Fsp3) is 0.111. The second kappa shape index (κ2) is 2.80. The van der Waals surface area contributed by atoms with E-state index in [1.54, 1.807) is 0 Å². The molecule has 4 heteroatoms. The molecule has 1 aromatic carbocycles. The number of H-pyrrole nitrogens is 1. The van der Waals surface area contributed by atoms with Crippen LogP contribution in [0.5, 0.6) is 0 Å². The Morgan fingerprint density at radius 3 is 2.69 bits per heavy atom. The first kappa shape index (κ1) is 8.16. The van der Waals surface area contributed by atoms with Crippen molar-refractivity contribution in [3.05, 3.63) is 35.8 Å². The maximum atomic E-state index is 12.6. The summed E-state index contributed by atoms with van der Waals surface area (Å²) in [4.78, 5) is 2.59. The second-order valence-corrected chi connectivity index (χ2v) is 2.73. The third-order valence-corrected chi connectivity index (χ3v) is 1.91. The summed E-state index contributed by atoms with van der Waals surface area (Å²) in [6.45, 7) is 0. The monoisotopic (exact) mass is 185 g/mol. The number of benzene rings is 1. The Kier molecular flexibility index (Phi) is 1.76. The van der Waals surface area contributed by atoms with Gasteiger partial charge in [0.25, 0.3) is 6.43 Å². The van der Waals surface area contributed by atoms with Gasteiger partial charge < -0.3 is 4.98 Å². The third-order valence-electron chi connectivity index (χ3n) is 1.91. The van der Waals surface area contributed by atoms with Crippen LogP contribution in [0.4, 0.5) is 13.2 Å². The molecular weight excluding hydrogens is 179 g/mol. The van der Waals surface area contributed by atoms with Gasteiger partial charge >= 0.3 is 0 Å². The molecule has 0 aliphatic rings. The summed E-state index contributed by atoms with van der Waals surface area (Å²) in [7, 11) is 0. The smallest absolute Gasteiger partial charge is 0.265 e. The lowest BCUT2D eigenvalue weighted by Gasteiger charge is -1.95. The Morgan fingerprint density at radius 1 is 1.23 bits per heavy atom. The van der Waals surface area contributed by atoms with Gasteiger partial charge in [0.15, 0.2) is 0 Å². The molecule has 0 unspecified atom stereocenters. The highest BCUT2D eigenvalue weighted by Gasteiger charge is 2.12. The van der Waals surface area contributed by atoms with Gasteiger partial charge in [-0.3, -0.25) is 0 Å². The molecule has 1 aromatic heterocycles. The van der Waals surface area contributed by atoms with Gasteiger partial charge in [-0.2, -0.15) is 0 Å². The molecule has 0 aliphatic heterocycles. The van der Waals surface area contributed by atoms with Crippen LogP contribution >= 0.6 is 0 Å². The average molecular weight is 185 g/mol. The van der Waals surface area contributed by atoms with Gasteiger partial charge in [-0.25, -0.2) is 13.2 Å². The number of aromatic nitrogens is 1. The number of alkyl halides is 2. The molecule has 0 fully saturated rings. The summed E-state index contributed by atoms with van der Waals surface area (Å²) in [5.41, 5.74) is 0.310. The van der Waals surface area contributed by atoms with Crippen LogP contribution in [0, 0.1) is 5.82 Å². The molecule has 1 heterocycles. The number of nitrogens with one attached hydrogen (secondary N) is 1. The van der Waals surface area contributed by atoms with Crippen LogP contribution in [0.15, 0.2) is 24.4 Å². The first-order valence-electron chi connectivity index (χ1n) is 3.73. The predicted molar refractivity (Wildman–Crippen MR) is 43.2 cm³/mol. The molecule has 0 atom stereocenters. The van der Waals surface area contributed by atoms with E-state index in [2.05, 4.69) is 4.98 Å². The maximum absolute atomic E-state index is 12.6. The number of aromatic amines is 1. The highest BCUT2D eigenvalue weighted by Crippen LogP contribution is 2.27.